The molecule has 5 nitrogen and oxygen atoms in total. The zero-order valence-electron chi connectivity index (χ0n) is 21.4. The second-order valence-electron chi connectivity index (χ2n) is 8.80. The summed E-state index contributed by atoms with van der Waals surface area (Å²) in [6.07, 6.45) is 3.90. The minimum atomic E-state index is -0.480. The molecule has 37 heavy (non-hydrogen) atoms. The Morgan fingerprint density at radius 3 is 1.73 bits per heavy atom. The molecule has 0 N–H and O–H groups in total. The highest BCUT2D eigenvalue weighted by molar-refractivity contribution is 5.91. The number of hydrogen-bond donors (Lipinski definition) is 0. The molecule has 0 aromatic heterocycles. The average Bonchev–Trinajstić information content (AvgIpc) is 2.86. The van der Waals surface area contributed by atoms with E-state index in [-0.39, 0.29) is 11.5 Å². The number of anilines is 3. The summed E-state index contributed by atoms with van der Waals surface area (Å²) in [5.74, 6) is -0.381. The van der Waals surface area contributed by atoms with Gasteiger partial charge in [-0.1, -0.05) is 77.9 Å². The molecule has 186 valence electrons. The van der Waals surface area contributed by atoms with Crippen LogP contribution in [0.4, 0.5) is 17.1 Å². The Labute approximate surface area is 217 Å². The lowest BCUT2D eigenvalue weighted by Gasteiger charge is -2.29. The van der Waals surface area contributed by atoms with Gasteiger partial charge in [0.05, 0.1) is 5.69 Å². The molecule has 0 bridgehead atoms. The Balaban J connectivity index is 2.01. The molecule has 0 aliphatic heterocycles. The first kappa shape index (κ1) is 25.5. The summed E-state index contributed by atoms with van der Waals surface area (Å²) in [4.78, 5) is 26.1. The second kappa shape index (κ2) is 11.4. The van der Waals surface area contributed by atoms with Gasteiger partial charge >= 0.3 is 11.9 Å². The molecule has 0 heterocycles. The fourth-order valence-corrected chi connectivity index (χ4v) is 3.97. The number of benzene rings is 4. The van der Waals surface area contributed by atoms with Gasteiger partial charge in [-0.3, -0.25) is 9.59 Å². The highest BCUT2D eigenvalue weighted by Crippen LogP contribution is 2.45. The molecule has 4 rings (SSSR count). The van der Waals surface area contributed by atoms with Crippen molar-refractivity contribution >= 4 is 41.2 Å². The molecular formula is C32H29NO4. The van der Waals surface area contributed by atoms with E-state index in [4.69, 9.17) is 9.47 Å². The molecule has 0 fully saturated rings. The first-order valence-electron chi connectivity index (χ1n) is 12.0. The van der Waals surface area contributed by atoms with E-state index in [1.165, 1.54) is 13.8 Å². The van der Waals surface area contributed by atoms with Crippen LogP contribution in [0.25, 0.3) is 12.2 Å². The summed E-state index contributed by atoms with van der Waals surface area (Å²) in [6, 6.07) is 29.5. The van der Waals surface area contributed by atoms with Crippen molar-refractivity contribution in [2.75, 3.05) is 4.90 Å². The minimum absolute atomic E-state index is 0.278. The van der Waals surface area contributed by atoms with E-state index in [1.54, 1.807) is 12.1 Å². The van der Waals surface area contributed by atoms with Gasteiger partial charge in [-0.15, -0.1) is 0 Å². The Morgan fingerprint density at radius 1 is 0.676 bits per heavy atom. The fourth-order valence-electron chi connectivity index (χ4n) is 3.97. The van der Waals surface area contributed by atoms with Gasteiger partial charge in [0, 0.05) is 36.9 Å². The molecule has 0 spiro atoms. The highest BCUT2D eigenvalue weighted by Gasteiger charge is 2.23. The van der Waals surface area contributed by atoms with Crippen LogP contribution in [0, 0.1) is 13.8 Å². The lowest BCUT2D eigenvalue weighted by molar-refractivity contribution is -0.132. The molecule has 0 unspecified atom stereocenters. The monoisotopic (exact) mass is 491 g/mol. The van der Waals surface area contributed by atoms with Crippen molar-refractivity contribution in [3.05, 3.63) is 113 Å². The van der Waals surface area contributed by atoms with E-state index in [1.807, 2.05) is 110 Å². The van der Waals surface area contributed by atoms with Gasteiger partial charge < -0.3 is 14.4 Å². The van der Waals surface area contributed by atoms with Gasteiger partial charge in [-0.05, 0) is 49.7 Å². The van der Waals surface area contributed by atoms with Crippen LogP contribution in [0.1, 0.15) is 36.1 Å². The normalized spacial score (nSPS) is 10.8. The van der Waals surface area contributed by atoms with Crippen LogP contribution in [0.3, 0.4) is 0 Å². The van der Waals surface area contributed by atoms with Crippen molar-refractivity contribution in [2.45, 2.75) is 27.7 Å². The Hall–Kier alpha value is -4.64. The number of carbonyl (C=O) groups excluding carboxylic acids is 2. The van der Waals surface area contributed by atoms with E-state index >= 15 is 0 Å². The van der Waals surface area contributed by atoms with Crippen LogP contribution >= 0.6 is 0 Å². The Kier molecular flexibility index (Phi) is 7.84. The molecule has 0 aliphatic rings. The number of carbonyl (C=O) groups is 2. The van der Waals surface area contributed by atoms with Gasteiger partial charge in [0.2, 0.25) is 0 Å². The molecule has 4 aromatic carbocycles. The zero-order valence-corrected chi connectivity index (χ0v) is 21.4. The van der Waals surface area contributed by atoms with Gasteiger partial charge in [-0.25, -0.2) is 0 Å². The molecular weight excluding hydrogens is 462 g/mol. The van der Waals surface area contributed by atoms with Crippen LogP contribution < -0.4 is 14.4 Å². The third-order valence-electron chi connectivity index (χ3n) is 5.66. The quantitative estimate of drug-likeness (QED) is 0.150. The largest absolute Gasteiger partial charge is 0.427 e. The maximum Gasteiger partial charge on any atom is 0.308 e. The zero-order chi connectivity index (χ0) is 26.4. The van der Waals surface area contributed by atoms with Gasteiger partial charge in [-0.2, -0.15) is 0 Å². The Morgan fingerprint density at radius 2 is 1.22 bits per heavy atom. The topological polar surface area (TPSA) is 55.8 Å². The number of esters is 2. The first-order valence-corrected chi connectivity index (χ1v) is 12.0. The lowest BCUT2D eigenvalue weighted by atomic mass is 10.0. The second-order valence-corrected chi connectivity index (χ2v) is 8.80. The molecule has 0 aliphatic carbocycles. The SMILES string of the molecule is CC(=O)Oc1cc(/C=C/c2ccccc2)c(N(c2ccc(C)cc2)c2ccc(C)cc2)c(OC(C)=O)c1. The maximum absolute atomic E-state index is 12.2. The molecule has 0 amide bonds. The van der Waals surface area contributed by atoms with E-state index in [0.29, 0.717) is 11.3 Å². The van der Waals surface area contributed by atoms with Gasteiger partial charge in [0.1, 0.15) is 5.75 Å². The molecule has 4 aromatic rings. The summed E-state index contributed by atoms with van der Waals surface area (Å²) in [6.45, 7) is 6.76. The van der Waals surface area contributed by atoms with E-state index in [0.717, 1.165) is 28.1 Å². The third kappa shape index (κ3) is 6.53. The van der Waals surface area contributed by atoms with Crippen molar-refractivity contribution < 1.29 is 19.1 Å². The van der Waals surface area contributed by atoms with E-state index < -0.39 is 11.9 Å². The maximum atomic E-state index is 12.2. The van der Waals surface area contributed by atoms with Gasteiger partial charge in [0.25, 0.3) is 0 Å². The highest BCUT2D eigenvalue weighted by atomic mass is 16.5. The van der Waals surface area contributed by atoms with Crippen molar-refractivity contribution in [2.24, 2.45) is 0 Å². The fraction of sp³-hybridized carbons (Fsp3) is 0.125. The summed E-state index contributed by atoms with van der Waals surface area (Å²) < 4.78 is 11.2. The molecule has 0 radical (unpaired) electrons. The number of nitrogens with zero attached hydrogens (tertiary/aromatic N) is 1. The predicted octanol–water partition coefficient (Wildman–Crippen LogP) is 7.79. The minimum Gasteiger partial charge on any atom is -0.427 e. The number of rotatable bonds is 7. The summed E-state index contributed by atoms with van der Waals surface area (Å²) in [7, 11) is 0. The summed E-state index contributed by atoms with van der Waals surface area (Å²) in [5.41, 5.74) is 6.38. The van der Waals surface area contributed by atoms with Crippen LogP contribution in [0.2, 0.25) is 0 Å². The van der Waals surface area contributed by atoms with Crippen LogP contribution in [0.15, 0.2) is 91.0 Å². The van der Waals surface area contributed by atoms with Crippen LogP contribution in [-0.4, -0.2) is 11.9 Å². The van der Waals surface area contributed by atoms with Gasteiger partial charge in [0.15, 0.2) is 5.75 Å². The molecule has 5 heteroatoms. The van der Waals surface area contributed by atoms with Crippen molar-refractivity contribution in [1.82, 2.24) is 0 Å². The first-order chi connectivity index (χ1) is 17.8. The molecule has 0 atom stereocenters. The summed E-state index contributed by atoms with van der Waals surface area (Å²) >= 11 is 0. The third-order valence-corrected chi connectivity index (χ3v) is 5.66. The molecule has 0 saturated heterocycles. The van der Waals surface area contributed by atoms with Crippen LogP contribution in [0.5, 0.6) is 11.5 Å². The van der Waals surface area contributed by atoms with E-state index in [2.05, 4.69) is 0 Å². The standard InChI is InChI=1S/C32H29NO4/c1-22-10-16-28(17-11-22)33(29-18-12-23(2)13-19-29)32-27(15-14-26-8-6-5-7-9-26)20-30(36-24(3)34)21-31(32)37-25(4)35/h5-21H,1-4H3/b15-14+. The average molecular weight is 492 g/mol. The molecule has 0 saturated carbocycles. The number of hydrogen-bond acceptors (Lipinski definition) is 5. The lowest BCUT2D eigenvalue weighted by Crippen LogP contribution is -2.15. The van der Waals surface area contributed by atoms with Crippen molar-refractivity contribution in [3.8, 4) is 11.5 Å². The predicted molar refractivity (Wildman–Crippen MR) is 149 cm³/mol. The Bertz CT molecular complexity index is 1380. The van der Waals surface area contributed by atoms with Crippen LogP contribution in [-0.2, 0) is 9.59 Å². The smallest absolute Gasteiger partial charge is 0.308 e. The van der Waals surface area contributed by atoms with E-state index in [9.17, 15) is 9.59 Å². The van der Waals surface area contributed by atoms with Crippen molar-refractivity contribution in [1.29, 1.82) is 0 Å². The number of aryl methyl sites for hydroxylation is 2. The number of ether oxygens (including phenoxy) is 2. The summed E-state index contributed by atoms with van der Waals surface area (Å²) in [5, 5.41) is 0. The van der Waals surface area contributed by atoms with Crippen molar-refractivity contribution in [3.63, 3.8) is 0 Å².